The van der Waals surface area contributed by atoms with Crippen molar-refractivity contribution < 1.29 is 4.74 Å². The zero-order valence-electron chi connectivity index (χ0n) is 10.5. The lowest BCUT2D eigenvalue weighted by molar-refractivity contribution is 0.317. The van der Waals surface area contributed by atoms with Crippen LogP contribution in [0.25, 0.3) is 0 Å². The largest absolute Gasteiger partial charge is 0.493 e. The molecule has 0 saturated carbocycles. The third-order valence-corrected chi connectivity index (χ3v) is 2.81. The van der Waals surface area contributed by atoms with Crippen molar-refractivity contribution in [2.45, 2.75) is 19.4 Å². The number of para-hydroxylation sites is 1. The molecular formula is C15H18N2O. The van der Waals surface area contributed by atoms with Crippen molar-refractivity contribution in [3.05, 3.63) is 59.9 Å². The standard InChI is InChI=1S/C15H18N2O/c1-12(16)14-4-2-3-5-15(14)18-11-8-13-6-9-17-10-7-13/h2-7,9-10,12H,8,11,16H2,1H3/t12-/m1/s1. The van der Waals surface area contributed by atoms with Gasteiger partial charge in [0, 0.05) is 30.4 Å². The number of benzene rings is 1. The van der Waals surface area contributed by atoms with Crippen LogP contribution in [0.2, 0.25) is 0 Å². The second kappa shape index (κ2) is 6.17. The summed E-state index contributed by atoms with van der Waals surface area (Å²) in [6.07, 6.45) is 4.46. The Morgan fingerprint density at radius 1 is 1.17 bits per heavy atom. The van der Waals surface area contributed by atoms with E-state index >= 15 is 0 Å². The first-order chi connectivity index (χ1) is 8.77. The number of ether oxygens (including phenoxy) is 1. The number of nitrogens with zero attached hydrogens (tertiary/aromatic N) is 1. The molecule has 0 aliphatic carbocycles. The average molecular weight is 242 g/mol. The van der Waals surface area contributed by atoms with Crippen LogP contribution in [0.5, 0.6) is 5.75 Å². The van der Waals surface area contributed by atoms with Gasteiger partial charge in [0.2, 0.25) is 0 Å². The lowest BCUT2D eigenvalue weighted by Crippen LogP contribution is -2.09. The predicted octanol–water partition coefficient (Wildman–Crippen LogP) is 2.72. The third-order valence-electron chi connectivity index (χ3n) is 2.81. The molecule has 94 valence electrons. The van der Waals surface area contributed by atoms with Crippen molar-refractivity contribution in [3.8, 4) is 5.75 Å². The van der Waals surface area contributed by atoms with Crippen LogP contribution >= 0.6 is 0 Å². The minimum absolute atomic E-state index is 0.0119. The number of rotatable bonds is 5. The number of hydrogen-bond donors (Lipinski definition) is 1. The highest BCUT2D eigenvalue weighted by Crippen LogP contribution is 2.23. The zero-order chi connectivity index (χ0) is 12.8. The van der Waals surface area contributed by atoms with E-state index < -0.39 is 0 Å². The lowest BCUT2D eigenvalue weighted by atomic mass is 10.1. The van der Waals surface area contributed by atoms with Crippen molar-refractivity contribution in [1.29, 1.82) is 0 Å². The smallest absolute Gasteiger partial charge is 0.124 e. The quantitative estimate of drug-likeness (QED) is 0.877. The van der Waals surface area contributed by atoms with Crippen LogP contribution in [0.15, 0.2) is 48.8 Å². The number of aromatic nitrogens is 1. The van der Waals surface area contributed by atoms with Crippen LogP contribution in [0.3, 0.4) is 0 Å². The molecule has 2 rings (SSSR count). The second-order valence-electron chi connectivity index (χ2n) is 4.28. The van der Waals surface area contributed by atoms with Gasteiger partial charge in [0.1, 0.15) is 5.75 Å². The highest BCUT2D eigenvalue weighted by Gasteiger charge is 2.06. The summed E-state index contributed by atoms with van der Waals surface area (Å²) in [5, 5.41) is 0. The first kappa shape index (κ1) is 12.6. The van der Waals surface area contributed by atoms with Crippen molar-refractivity contribution >= 4 is 0 Å². The molecule has 0 aliphatic rings. The summed E-state index contributed by atoms with van der Waals surface area (Å²) >= 11 is 0. The van der Waals surface area contributed by atoms with Crippen LogP contribution in [-0.4, -0.2) is 11.6 Å². The Balaban J connectivity index is 1.94. The summed E-state index contributed by atoms with van der Waals surface area (Å²) in [7, 11) is 0. The molecule has 3 heteroatoms. The Bertz CT molecular complexity index is 483. The molecular weight excluding hydrogens is 224 g/mol. The molecule has 0 amide bonds. The maximum Gasteiger partial charge on any atom is 0.124 e. The van der Waals surface area contributed by atoms with Gasteiger partial charge in [0.25, 0.3) is 0 Å². The van der Waals surface area contributed by atoms with E-state index in [0.717, 1.165) is 17.7 Å². The molecule has 0 bridgehead atoms. The molecule has 1 heterocycles. The van der Waals surface area contributed by atoms with Crippen molar-refractivity contribution in [1.82, 2.24) is 4.98 Å². The molecule has 0 spiro atoms. The van der Waals surface area contributed by atoms with E-state index in [4.69, 9.17) is 10.5 Å². The summed E-state index contributed by atoms with van der Waals surface area (Å²) in [5.41, 5.74) is 8.18. The third kappa shape index (κ3) is 3.31. The maximum absolute atomic E-state index is 5.91. The van der Waals surface area contributed by atoms with Crippen LogP contribution in [0.4, 0.5) is 0 Å². The van der Waals surface area contributed by atoms with Gasteiger partial charge in [-0.15, -0.1) is 0 Å². The Morgan fingerprint density at radius 2 is 1.89 bits per heavy atom. The average Bonchev–Trinajstić information content (AvgIpc) is 2.40. The van der Waals surface area contributed by atoms with Gasteiger partial charge in [0.05, 0.1) is 6.61 Å². The predicted molar refractivity (Wildman–Crippen MR) is 72.5 cm³/mol. The SMILES string of the molecule is C[C@@H](N)c1ccccc1OCCc1ccncc1. The molecule has 0 radical (unpaired) electrons. The fraction of sp³-hybridized carbons (Fsp3) is 0.267. The Hall–Kier alpha value is -1.87. The lowest BCUT2D eigenvalue weighted by Gasteiger charge is -2.13. The van der Waals surface area contributed by atoms with E-state index in [1.807, 2.05) is 43.3 Å². The molecule has 1 aromatic carbocycles. The molecule has 18 heavy (non-hydrogen) atoms. The van der Waals surface area contributed by atoms with Gasteiger partial charge in [-0.05, 0) is 30.7 Å². The minimum atomic E-state index is -0.0119. The highest BCUT2D eigenvalue weighted by atomic mass is 16.5. The molecule has 3 nitrogen and oxygen atoms in total. The fourth-order valence-corrected chi connectivity index (χ4v) is 1.82. The molecule has 2 N–H and O–H groups in total. The van der Waals surface area contributed by atoms with Crippen LogP contribution in [0, 0.1) is 0 Å². The molecule has 0 saturated heterocycles. The first-order valence-electron chi connectivity index (χ1n) is 6.13. The van der Waals surface area contributed by atoms with E-state index in [1.165, 1.54) is 5.56 Å². The van der Waals surface area contributed by atoms with E-state index in [1.54, 1.807) is 12.4 Å². The highest BCUT2D eigenvalue weighted by molar-refractivity contribution is 5.35. The molecule has 0 fully saturated rings. The van der Waals surface area contributed by atoms with Crippen molar-refractivity contribution in [2.75, 3.05) is 6.61 Å². The minimum Gasteiger partial charge on any atom is -0.493 e. The van der Waals surface area contributed by atoms with Gasteiger partial charge in [0.15, 0.2) is 0 Å². The van der Waals surface area contributed by atoms with E-state index in [0.29, 0.717) is 6.61 Å². The molecule has 1 atom stereocenters. The Kier molecular flexibility index (Phi) is 4.31. The summed E-state index contributed by atoms with van der Waals surface area (Å²) < 4.78 is 5.80. The normalized spacial score (nSPS) is 12.1. The van der Waals surface area contributed by atoms with Crippen LogP contribution in [0.1, 0.15) is 24.1 Å². The zero-order valence-corrected chi connectivity index (χ0v) is 10.5. The van der Waals surface area contributed by atoms with Crippen molar-refractivity contribution in [2.24, 2.45) is 5.73 Å². The van der Waals surface area contributed by atoms with E-state index in [9.17, 15) is 0 Å². The first-order valence-corrected chi connectivity index (χ1v) is 6.13. The molecule has 0 aliphatic heterocycles. The second-order valence-corrected chi connectivity index (χ2v) is 4.28. The van der Waals surface area contributed by atoms with Crippen molar-refractivity contribution in [3.63, 3.8) is 0 Å². The number of pyridine rings is 1. The van der Waals surface area contributed by atoms with Crippen LogP contribution < -0.4 is 10.5 Å². The number of hydrogen-bond acceptors (Lipinski definition) is 3. The molecule has 1 aromatic heterocycles. The Morgan fingerprint density at radius 3 is 2.61 bits per heavy atom. The maximum atomic E-state index is 5.91. The van der Waals surface area contributed by atoms with Gasteiger partial charge in [-0.25, -0.2) is 0 Å². The molecule has 2 aromatic rings. The summed E-state index contributed by atoms with van der Waals surface area (Å²) in [6.45, 7) is 2.61. The summed E-state index contributed by atoms with van der Waals surface area (Å²) in [5.74, 6) is 0.876. The van der Waals surface area contributed by atoms with E-state index in [2.05, 4.69) is 4.98 Å². The van der Waals surface area contributed by atoms with Gasteiger partial charge >= 0.3 is 0 Å². The van der Waals surface area contributed by atoms with Gasteiger partial charge < -0.3 is 10.5 Å². The van der Waals surface area contributed by atoms with Crippen LogP contribution in [-0.2, 0) is 6.42 Å². The van der Waals surface area contributed by atoms with Gasteiger partial charge in [-0.2, -0.15) is 0 Å². The van der Waals surface area contributed by atoms with E-state index in [-0.39, 0.29) is 6.04 Å². The van der Waals surface area contributed by atoms with Gasteiger partial charge in [-0.3, -0.25) is 4.98 Å². The van der Waals surface area contributed by atoms with Gasteiger partial charge in [-0.1, -0.05) is 18.2 Å². The monoisotopic (exact) mass is 242 g/mol. The fourth-order valence-electron chi connectivity index (χ4n) is 1.82. The number of nitrogens with two attached hydrogens (primary N) is 1. The summed E-state index contributed by atoms with van der Waals surface area (Å²) in [6, 6.07) is 11.9. The molecule has 0 unspecified atom stereocenters. The topological polar surface area (TPSA) is 48.1 Å². The summed E-state index contributed by atoms with van der Waals surface area (Å²) in [4.78, 5) is 3.99. The Labute approximate surface area is 108 Å².